The predicted octanol–water partition coefficient (Wildman–Crippen LogP) is 5.63. The number of nitrogens with one attached hydrogen (secondary N) is 1. The summed E-state index contributed by atoms with van der Waals surface area (Å²) in [6, 6.07) is 15.9. The minimum absolute atomic E-state index is 0.158. The molecule has 2 amide bonds. The molecule has 0 saturated carbocycles. The first-order chi connectivity index (χ1) is 16.2. The lowest BCUT2D eigenvalue weighted by Crippen LogP contribution is -2.45. The Morgan fingerprint density at radius 2 is 1.15 bits per heavy atom. The Bertz CT molecular complexity index is 977. The first-order valence-electron chi connectivity index (χ1n) is 12.2. The van der Waals surface area contributed by atoms with Gasteiger partial charge in [-0.3, -0.25) is 9.59 Å². The lowest BCUT2D eigenvalue weighted by molar-refractivity contribution is -0.127. The van der Waals surface area contributed by atoms with Crippen LogP contribution >= 0.6 is 0 Å². The molecular formula is C30H40N2O2. The van der Waals surface area contributed by atoms with Crippen molar-refractivity contribution in [3.8, 4) is 0 Å². The third-order valence-electron chi connectivity index (χ3n) is 5.78. The molecule has 0 radical (unpaired) electrons. The lowest BCUT2D eigenvalue weighted by Gasteiger charge is -2.16. The number of allylic oxidation sites excluding steroid dienone is 4. The van der Waals surface area contributed by atoms with Gasteiger partial charge in [-0.1, -0.05) is 71.8 Å². The van der Waals surface area contributed by atoms with Crippen LogP contribution in [0, 0.1) is 0 Å². The number of rotatable bonds is 13. The fraction of sp³-hybridized carbons (Fsp3) is 0.400. The average molecular weight is 461 g/mol. The summed E-state index contributed by atoms with van der Waals surface area (Å²) in [5.74, 6) is -0.670. The fourth-order valence-electron chi connectivity index (χ4n) is 3.75. The van der Waals surface area contributed by atoms with Gasteiger partial charge in [-0.2, -0.15) is 0 Å². The van der Waals surface area contributed by atoms with Crippen molar-refractivity contribution in [1.82, 2.24) is 5.32 Å². The summed E-state index contributed by atoms with van der Waals surface area (Å²) in [4.78, 5) is 24.4. The zero-order valence-electron chi connectivity index (χ0n) is 21.2. The van der Waals surface area contributed by atoms with Crippen molar-refractivity contribution in [2.75, 3.05) is 0 Å². The van der Waals surface area contributed by atoms with Gasteiger partial charge in [0.15, 0.2) is 0 Å². The lowest BCUT2D eigenvalue weighted by atomic mass is 10.0. The number of hydrogen-bond donors (Lipinski definition) is 2. The number of amides is 2. The Hall–Kier alpha value is -3.14. The number of hydrogen-bond acceptors (Lipinski definition) is 2. The maximum atomic E-state index is 12.5. The van der Waals surface area contributed by atoms with Crippen LogP contribution in [0.3, 0.4) is 0 Å². The van der Waals surface area contributed by atoms with E-state index in [4.69, 9.17) is 5.73 Å². The molecule has 1 unspecified atom stereocenters. The molecule has 3 N–H and O–H groups in total. The molecule has 0 fully saturated rings. The highest BCUT2D eigenvalue weighted by Crippen LogP contribution is 2.12. The molecular weight excluding hydrogens is 420 g/mol. The summed E-state index contributed by atoms with van der Waals surface area (Å²) in [7, 11) is 0. The quantitative estimate of drug-likeness (QED) is 0.380. The molecule has 4 nitrogen and oxygen atoms in total. The van der Waals surface area contributed by atoms with E-state index in [9.17, 15) is 9.59 Å². The van der Waals surface area contributed by atoms with Crippen LogP contribution in [-0.2, 0) is 35.3 Å². The van der Waals surface area contributed by atoms with Crippen LogP contribution in [0.5, 0.6) is 0 Å². The average Bonchev–Trinajstić information content (AvgIpc) is 2.78. The molecule has 0 spiro atoms. The number of nitrogens with two attached hydrogens (primary N) is 1. The van der Waals surface area contributed by atoms with E-state index in [1.54, 1.807) is 0 Å². The molecule has 34 heavy (non-hydrogen) atoms. The van der Waals surface area contributed by atoms with Crippen LogP contribution in [0.2, 0.25) is 0 Å². The molecule has 0 aliphatic heterocycles. The van der Waals surface area contributed by atoms with Gasteiger partial charge in [-0.05, 0) is 82.1 Å². The Balaban J connectivity index is 1.82. The normalized spacial score (nSPS) is 11.4. The van der Waals surface area contributed by atoms with Crippen molar-refractivity contribution in [1.29, 1.82) is 0 Å². The van der Waals surface area contributed by atoms with Gasteiger partial charge in [0.2, 0.25) is 11.8 Å². The second kappa shape index (κ2) is 14.2. The molecule has 4 heteroatoms. The van der Waals surface area contributed by atoms with Gasteiger partial charge in [0.25, 0.3) is 0 Å². The molecule has 0 bridgehead atoms. The molecule has 2 aromatic carbocycles. The minimum atomic E-state index is -0.707. The summed E-state index contributed by atoms with van der Waals surface area (Å²) >= 11 is 0. The molecule has 182 valence electrons. The van der Waals surface area contributed by atoms with Gasteiger partial charge in [0.1, 0.15) is 6.04 Å². The number of aryl methyl sites for hydroxylation is 3. The zero-order valence-corrected chi connectivity index (χ0v) is 21.2. The second-order valence-electron chi connectivity index (χ2n) is 9.50. The van der Waals surface area contributed by atoms with Crippen LogP contribution in [0.4, 0.5) is 0 Å². The monoisotopic (exact) mass is 460 g/mol. The van der Waals surface area contributed by atoms with Gasteiger partial charge in [0, 0.05) is 12.8 Å². The van der Waals surface area contributed by atoms with Gasteiger partial charge < -0.3 is 11.1 Å². The smallest absolute Gasteiger partial charge is 0.240 e. The van der Waals surface area contributed by atoms with Crippen LogP contribution in [0.15, 0.2) is 71.8 Å². The summed E-state index contributed by atoms with van der Waals surface area (Å²) in [6.45, 7) is 8.43. The second-order valence-corrected chi connectivity index (χ2v) is 9.50. The van der Waals surface area contributed by atoms with E-state index in [1.165, 1.54) is 22.3 Å². The van der Waals surface area contributed by atoms with E-state index in [2.05, 4.69) is 81.6 Å². The SMILES string of the molecule is CC(C)=CCCc1ccc(CCC(=O)NC(Cc2ccc(CCC=C(C)C)cc2)C(N)=O)cc1. The highest BCUT2D eigenvalue weighted by Gasteiger charge is 2.18. The summed E-state index contributed by atoms with van der Waals surface area (Å²) in [6.07, 6.45) is 9.88. The van der Waals surface area contributed by atoms with Crippen LogP contribution in [0.1, 0.15) is 69.2 Å². The third kappa shape index (κ3) is 10.7. The largest absolute Gasteiger partial charge is 0.368 e. The molecule has 0 aliphatic carbocycles. The maximum absolute atomic E-state index is 12.5. The van der Waals surface area contributed by atoms with Gasteiger partial charge in [-0.25, -0.2) is 0 Å². The highest BCUT2D eigenvalue weighted by molar-refractivity contribution is 5.86. The minimum Gasteiger partial charge on any atom is -0.368 e. The number of carbonyl (C=O) groups is 2. The number of carbonyl (C=O) groups excluding carboxylic acids is 2. The summed E-state index contributed by atoms with van der Waals surface area (Å²) in [5, 5.41) is 2.82. The molecule has 2 rings (SSSR count). The van der Waals surface area contributed by atoms with E-state index < -0.39 is 11.9 Å². The number of benzene rings is 2. The molecule has 0 saturated heterocycles. The first-order valence-corrected chi connectivity index (χ1v) is 12.2. The molecule has 1 atom stereocenters. The standard InChI is InChI=1S/C30H40N2O2/c1-22(2)7-5-9-24-11-13-26(14-12-24)19-20-29(33)32-28(30(31)34)21-27-17-15-25(16-18-27)10-6-8-23(3)4/h7-8,11-18,28H,5-6,9-10,19-21H2,1-4H3,(H2,31,34)(H,32,33). The maximum Gasteiger partial charge on any atom is 0.240 e. The topological polar surface area (TPSA) is 72.2 Å². The van der Waals surface area contributed by atoms with Crippen molar-refractivity contribution in [2.24, 2.45) is 5.73 Å². The van der Waals surface area contributed by atoms with Crippen molar-refractivity contribution >= 4 is 11.8 Å². The summed E-state index contributed by atoms with van der Waals surface area (Å²) in [5.41, 5.74) is 12.9. The van der Waals surface area contributed by atoms with E-state index in [0.717, 1.165) is 36.8 Å². The summed E-state index contributed by atoms with van der Waals surface area (Å²) < 4.78 is 0. The van der Waals surface area contributed by atoms with Crippen molar-refractivity contribution in [3.63, 3.8) is 0 Å². The Kier molecular flexibility index (Phi) is 11.3. The van der Waals surface area contributed by atoms with Crippen molar-refractivity contribution in [2.45, 2.75) is 78.7 Å². The van der Waals surface area contributed by atoms with Gasteiger partial charge in [0.05, 0.1) is 0 Å². The van der Waals surface area contributed by atoms with Gasteiger partial charge >= 0.3 is 0 Å². The highest BCUT2D eigenvalue weighted by atomic mass is 16.2. The van der Waals surface area contributed by atoms with E-state index >= 15 is 0 Å². The van der Waals surface area contributed by atoms with Crippen LogP contribution in [-0.4, -0.2) is 17.9 Å². The zero-order chi connectivity index (χ0) is 24.9. The van der Waals surface area contributed by atoms with E-state index in [0.29, 0.717) is 19.3 Å². The molecule has 0 aromatic heterocycles. The van der Waals surface area contributed by atoms with E-state index in [-0.39, 0.29) is 5.91 Å². The van der Waals surface area contributed by atoms with E-state index in [1.807, 2.05) is 12.1 Å². The number of primary amides is 1. The van der Waals surface area contributed by atoms with Crippen molar-refractivity contribution < 1.29 is 9.59 Å². The van der Waals surface area contributed by atoms with Crippen LogP contribution < -0.4 is 11.1 Å². The van der Waals surface area contributed by atoms with Crippen LogP contribution in [0.25, 0.3) is 0 Å². The molecule has 2 aromatic rings. The Morgan fingerprint density at radius 3 is 1.56 bits per heavy atom. The first kappa shape index (κ1) is 27.1. The third-order valence-corrected chi connectivity index (χ3v) is 5.78. The Morgan fingerprint density at radius 1 is 0.735 bits per heavy atom. The fourth-order valence-corrected chi connectivity index (χ4v) is 3.75. The van der Waals surface area contributed by atoms with Gasteiger partial charge in [-0.15, -0.1) is 0 Å². The Labute approximate surface area is 205 Å². The van der Waals surface area contributed by atoms with Crippen molar-refractivity contribution in [3.05, 3.63) is 94.1 Å². The molecule has 0 heterocycles. The predicted molar refractivity (Wildman–Crippen MR) is 142 cm³/mol. The molecule has 0 aliphatic rings.